The third kappa shape index (κ3) is 3.05. The number of hydrogen-bond acceptors (Lipinski definition) is 5. The molecule has 0 spiro atoms. The molecule has 0 saturated carbocycles. The normalized spacial score (nSPS) is 18.1. The fourth-order valence-corrected chi connectivity index (χ4v) is 5.39. The van der Waals surface area contributed by atoms with Crippen molar-refractivity contribution in [1.82, 2.24) is 9.55 Å². The number of benzene rings is 1. The Bertz CT molecular complexity index is 1080. The molecule has 4 heterocycles. The number of rotatable bonds is 3. The molecule has 2 aromatic heterocycles. The van der Waals surface area contributed by atoms with Gasteiger partial charge in [-0.1, -0.05) is 30.3 Å². The summed E-state index contributed by atoms with van der Waals surface area (Å²) in [4.78, 5) is 22.7. The number of thiophene rings is 1. The minimum absolute atomic E-state index is 0.125. The summed E-state index contributed by atoms with van der Waals surface area (Å²) in [6, 6.07) is 10.5. The maximum Gasteiger partial charge on any atom is 0.263 e. The molecule has 0 fully saturated rings. The van der Waals surface area contributed by atoms with Crippen molar-refractivity contribution >= 4 is 27.5 Å². The first kappa shape index (κ1) is 17.9. The SMILES string of the molecule is CC1(C)Cc2c(sc3nc4n(c(=O)c23)CCCN4CCc2ccccc2)CO1. The molecule has 0 bridgehead atoms. The third-order valence-electron chi connectivity index (χ3n) is 5.78. The van der Waals surface area contributed by atoms with E-state index >= 15 is 0 Å². The number of hydrogen-bond donors (Lipinski definition) is 0. The van der Waals surface area contributed by atoms with Crippen LogP contribution in [0.3, 0.4) is 0 Å². The van der Waals surface area contributed by atoms with Crippen molar-refractivity contribution in [3.05, 3.63) is 56.7 Å². The van der Waals surface area contributed by atoms with Crippen LogP contribution in [0.5, 0.6) is 0 Å². The maximum absolute atomic E-state index is 13.4. The lowest BCUT2D eigenvalue weighted by atomic mass is 9.94. The molecule has 5 nitrogen and oxygen atoms in total. The van der Waals surface area contributed by atoms with Crippen molar-refractivity contribution in [2.75, 3.05) is 18.0 Å². The summed E-state index contributed by atoms with van der Waals surface area (Å²) in [6.45, 7) is 7.34. The lowest BCUT2D eigenvalue weighted by Gasteiger charge is -2.31. The maximum atomic E-state index is 13.4. The monoisotopic (exact) mass is 395 g/mol. The van der Waals surface area contributed by atoms with Crippen LogP contribution in [0.2, 0.25) is 0 Å². The van der Waals surface area contributed by atoms with Gasteiger partial charge in [0.05, 0.1) is 17.6 Å². The second-order valence-electron chi connectivity index (χ2n) is 8.35. The summed E-state index contributed by atoms with van der Waals surface area (Å²) in [7, 11) is 0. The fraction of sp³-hybridized carbons (Fsp3) is 0.455. The minimum atomic E-state index is -0.226. The van der Waals surface area contributed by atoms with Gasteiger partial charge in [-0.25, -0.2) is 4.98 Å². The lowest BCUT2D eigenvalue weighted by molar-refractivity contribution is -0.0379. The quantitative estimate of drug-likeness (QED) is 0.677. The molecule has 6 heteroatoms. The first-order valence-electron chi connectivity index (χ1n) is 10.00. The molecule has 5 rings (SSSR count). The second kappa shape index (κ2) is 6.71. The van der Waals surface area contributed by atoms with Crippen molar-refractivity contribution in [1.29, 1.82) is 0 Å². The number of nitrogens with zero attached hydrogens (tertiary/aromatic N) is 3. The number of fused-ring (bicyclic) bond motifs is 4. The molecule has 0 aliphatic carbocycles. The Morgan fingerprint density at radius 2 is 2.04 bits per heavy atom. The van der Waals surface area contributed by atoms with Crippen molar-refractivity contribution in [3.8, 4) is 0 Å². The average Bonchev–Trinajstić information content (AvgIpc) is 3.04. The fourth-order valence-electron chi connectivity index (χ4n) is 4.30. The molecule has 0 unspecified atom stereocenters. The zero-order valence-electron chi connectivity index (χ0n) is 16.4. The summed E-state index contributed by atoms with van der Waals surface area (Å²) in [5.41, 5.74) is 2.37. The highest BCUT2D eigenvalue weighted by atomic mass is 32.1. The van der Waals surface area contributed by atoms with Crippen LogP contribution >= 0.6 is 11.3 Å². The van der Waals surface area contributed by atoms with Gasteiger partial charge in [-0.15, -0.1) is 11.3 Å². The van der Waals surface area contributed by atoms with E-state index in [2.05, 4.69) is 43.0 Å². The summed E-state index contributed by atoms with van der Waals surface area (Å²) < 4.78 is 7.85. The van der Waals surface area contributed by atoms with Gasteiger partial charge >= 0.3 is 0 Å². The molecule has 0 N–H and O–H groups in total. The van der Waals surface area contributed by atoms with E-state index in [4.69, 9.17) is 9.72 Å². The zero-order chi connectivity index (χ0) is 19.3. The van der Waals surface area contributed by atoms with Crippen LogP contribution in [0.25, 0.3) is 10.2 Å². The first-order chi connectivity index (χ1) is 13.5. The topological polar surface area (TPSA) is 47.4 Å². The Morgan fingerprint density at radius 3 is 2.86 bits per heavy atom. The highest BCUT2D eigenvalue weighted by Crippen LogP contribution is 2.37. The first-order valence-corrected chi connectivity index (χ1v) is 10.8. The number of ether oxygens (including phenoxy) is 1. The van der Waals surface area contributed by atoms with Crippen LogP contribution in [-0.2, 0) is 30.7 Å². The summed E-state index contributed by atoms with van der Waals surface area (Å²) in [5, 5.41) is 0.824. The molecule has 0 saturated heterocycles. The smallest absolute Gasteiger partial charge is 0.263 e. The number of anilines is 1. The van der Waals surface area contributed by atoms with Crippen LogP contribution < -0.4 is 10.5 Å². The standard InChI is InChI=1S/C22H25N3O2S/c1-22(2)13-16-17(14-27-22)28-19-18(16)20(26)25-11-6-10-24(21(25)23-19)12-9-15-7-4-3-5-8-15/h3-5,7-8H,6,9-14H2,1-2H3. The van der Waals surface area contributed by atoms with Gasteiger partial charge in [-0.2, -0.15) is 0 Å². The van der Waals surface area contributed by atoms with E-state index in [0.717, 1.165) is 65.5 Å². The number of aromatic nitrogens is 2. The zero-order valence-corrected chi connectivity index (χ0v) is 17.2. The highest BCUT2D eigenvalue weighted by molar-refractivity contribution is 7.18. The van der Waals surface area contributed by atoms with E-state index in [1.165, 1.54) is 5.56 Å². The Labute approximate surface area is 168 Å². The Balaban J connectivity index is 1.54. The molecule has 0 radical (unpaired) electrons. The summed E-state index contributed by atoms with van der Waals surface area (Å²) >= 11 is 1.63. The largest absolute Gasteiger partial charge is 0.370 e. The van der Waals surface area contributed by atoms with Crippen molar-refractivity contribution in [3.63, 3.8) is 0 Å². The van der Waals surface area contributed by atoms with Crippen LogP contribution in [0.1, 0.15) is 36.3 Å². The van der Waals surface area contributed by atoms with Crippen molar-refractivity contribution < 1.29 is 4.74 Å². The lowest BCUT2D eigenvalue weighted by Crippen LogP contribution is -2.40. The molecule has 2 aliphatic heterocycles. The van der Waals surface area contributed by atoms with Gasteiger partial charge in [0.15, 0.2) is 0 Å². The molecule has 28 heavy (non-hydrogen) atoms. The Hall–Kier alpha value is -2.18. The molecule has 3 aromatic rings. The molecule has 0 amide bonds. The Kier molecular flexibility index (Phi) is 4.29. The molecule has 2 aliphatic rings. The van der Waals surface area contributed by atoms with E-state index in [9.17, 15) is 4.79 Å². The minimum Gasteiger partial charge on any atom is -0.370 e. The van der Waals surface area contributed by atoms with E-state index < -0.39 is 0 Å². The van der Waals surface area contributed by atoms with E-state index in [0.29, 0.717) is 6.61 Å². The van der Waals surface area contributed by atoms with Gasteiger partial charge in [-0.05, 0) is 37.8 Å². The van der Waals surface area contributed by atoms with Gasteiger partial charge in [0.1, 0.15) is 4.83 Å². The summed E-state index contributed by atoms with van der Waals surface area (Å²) in [5.74, 6) is 0.832. The van der Waals surface area contributed by atoms with Crippen molar-refractivity contribution in [2.45, 2.75) is 51.9 Å². The molecular weight excluding hydrogens is 370 g/mol. The van der Waals surface area contributed by atoms with Gasteiger partial charge < -0.3 is 9.64 Å². The predicted molar refractivity (Wildman–Crippen MR) is 113 cm³/mol. The van der Waals surface area contributed by atoms with Crippen LogP contribution in [0.4, 0.5) is 5.95 Å². The second-order valence-corrected chi connectivity index (χ2v) is 9.44. The molecule has 146 valence electrons. The predicted octanol–water partition coefficient (Wildman–Crippen LogP) is 3.76. The Morgan fingerprint density at radius 1 is 1.21 bits per heavy atom. The van der Waals surface area contributed by atoms with Crippen LogP contribution in [0.15, 0.2) is 35.1 Å². The van der Waals surface area contributed by atoms with Gasteiger partial charge in [-0.3, -0.25) is 9.36 Å². The molecular formula is C22H25N3O2S. The average molecular weight is 396 g/mol. The third-order valence-corrected chi connectivity index (χ3v) is 6.88. The summed E-state index contributed by atoms with van der Waals surface area (Å²) in [6.07, 6.45) is 2.71. The molecule has 0 atom stereocenters. The van der Waals surface area contributed by atoms with Gasteiger partial charge in [0.2, 0.25) is 5.95 Å². The highest BCUT2D eigenvalue weighted by Gasteiger charge is 2.32. The van der Waals surface area contributed by atoms with E-state index in [1.54, 1.807) is 11.3 Å². The van der Waals surface area contributed by atoms with Gasteiger partial charge in [0.25, 0.3) is 5.56 Å². The van der Waals surface area contributed by atoms with E-state index in [-0.39, 0.29) is 11.2 Å². The van der Waals surface area contributed by atoms with E-state index in [1.807, 2.05) is 10.6 Å². The van der Waals surface area contributed by atoms with Crippen LogP contribution in [-0.4, -0.2) is 28.2 Å². The van der Waals surface area contributed by atoms with Crippen molar-refractivity contribution in [2.24, 2.45) is 0 Å². The van der Waals surface area contributed by atoms with Crippen LogP contribution in [0, 0.1) is 0 Å². The molecule has 1 aromatic carbocycles. The van der Waals surface area contributed by atoms with Gasteiger partial charge in [0, 0.05) is 30.9 Å².